The van der Waals surface area contributed by atoms with Crippen LogP contribution in [0, 0.1) is 0 Å². The number of aromatic nitrogens is 2. The molecular formula is C16H20N2O2. The summed E-state index contributed by atoms with van der Waals surface area (Å²) in [6.45, 7) is 5.96. The lowest BCUT2D eigenvalue weighted by atomic mass is 9.96. The van der Waals surface area contributed by atoms with E-state index in [4.69, 9.17) is 0 Å². The van der Waals surface area contributed by atoms with E-state index in [1.54, 1.807) is 21.5 Å². The van der Waals surface area contributed by atoms with Crippen molar-refractivity contribution < 1.29 is 4.79 Å². The quantitative estimate of drug-likeness (QED) is 0.785. The zero-order valence-corrected chi connectivity index (χ0v) is 12.1. The van der Waals surface area contributed by atoms with Gasteiger partial charge in [0, 0.05) is 24.9 Å². The largest absolute Gasteiger partial charge is 0.332 e. The SMILES string of the molecule is CC(CC=O)c1ccccc1-n1ccn(C(C)C)c1=O. The van der Waals surface area contributed by atoms with Crippen LogP contribution in [0.15, 0.2) is 41.5 Å². The van der Waals surface area contributed by atoms with Crippen LogP contribution in [0.1, 0.15) is 44.7 Å². The van der Waals surface area contributed by atoms with Crippen molar-refractivity contribution in [2.75, 3.05) is 0 Å². The van der Waals surface area contributed by atoms with Crippen molar-refractivity contribution in [2.45, 2.75) is 39.2 Å². The van der Waals surface area contributed by atoms with E-state index in [-0.39, 0.29) is 17.6 Å². The Labute approximate surface area is 118 Å². The minimum atomic E-state index is -0.0502. The molecule has 0 saturated carbocycles. The van der Waals surface area contributed by atoms with E-state index in [2.05, 4.69) is 0 Å². The lowest BCUT2D eigenvalue weighted by molar-refractivity contribution is -0.108. The number of nitrogens with zero attached hydrogens (tertiary/aromatic N) is 2. The fraction of sp³-hybridized carbons (Fsp3) is 0.375. The molecular weight excluding hydrogens is 252 g/mol. The third-order valence-electron chi connectivity index (χ3n) is 3.54. The standard InChI is InChI=1S/C16H20N2O2/c1-12(2)17-9-10-18(16(17)20)15-7-5-4-6-14(15)13(3)8-11-19/h4-7,9-13H,8H2,1-3H3. The summed E-state index contributed by atoms with van der Waals surface area (Å²) < 4.78 is 3.35. The third kappa shape index (κ3) is 2.59. The normalized spacial score (nSPS) is 12.6. The van der Waals surface area contributed by atoms with Crippen molar-refractivity contribution in [3.63, 3.8) is 0 Å². The lowest BCUT2D eigenvalue weighted by Crippen LogP contribution is -2.25. The first-order valence-electron chi connectivity index (χ1n) is 6.88. The Morgan fingerprint density at radius 3 is 2.45 bits per heavy atom. The van der Waals surface area contributed by atoms with Gasteiger partial charge in [-0.1, -0.05) is 25.1 Å². The molecule has 2 aromatic rings. The number of aldehydes is 1. The lowest BCUT2D eigenvalue weighted by Gasteiger charge is -2.14. The molecule has 106 valence electrons. The summed E-state index contributed by atoms with van der Waals surface area (Å²) in [7, 11) is 0. The van der Waals surface area contributed by atoms with Crippen LogP contribution < -0.4 is 5.69 Å². The van der Waals surface area contributed by atoms with E-state index in [0.29, 0.717) is 6.42 Å². The molecule has 0 aliphatic heterocycles. The van der Waals surface area contributed by atoms with Crippen molar-refractivity contribution in [2.24, 2.45) is 0 Å². The fourth-order valence-electron chi connectivity index (χ4n) is 2.36. The molecule has 0 N–H and O–H groups in total. The molecule has 1 atom stereocenters. The van der Waals surface area contributed by atoms with Crippen molar-refractivity contribution in [1.29, 1.82) is 0 Å². The molecule has 4 nitrogen and oxygen atoms in total. The van der Waals surface area contributed by atoms with Crippen molar-refractivity contribution in [3.8, 4) is 5.69 Å². The highest BCUT2D eigenvalue weighted by Gasteiger charge is 2.14. The highest BCUT2D eigenvalue weighted by Crippen LogP contribution is 2.24. The Hall–Kier alpha value is -2.10. The Morgan fingerprint density at radius 1 is 1.15 bits per heavy atom. The minimum absolute atomic E-state index is 0.0502. The number of para-hydroxylation sites is 1. The number of benzene rings is 1. The summed E-state index contributed by atoms with van der Waals surface area (Å²) in [5.41, 5.74) is 1.82. The van der Waals surface area contributed by atoms with Crippen LogP contribution in [0.2, 0.25) is 0 Å². The summed E-state index contributed by atoms with van der Waals surface area (Å²) in [5.74, 6) is 0.0954. The van der Waals surface area contributed by atoms with Gasteiger partial charge >= 0.3 is 5.69 Å². The summed E-state index contributed by atoms with van der Waals surface area (Å²) in [5, 5.41) is 0. The third-order valence-corrected chi connectivity index (χ3v) is 3.54. The minimum Gasteiger partial charge on any atom is -0.303 e. The van der Waals surface area contributed by atoms with E-state index in [1.165, 1.54) is 0 Å². The summed E-state index contributed by atoms with van der Waals surface area (Å²) >= 11 is 0. The molecule has 1 heterocycles. The van der Waals surface area contributed by atoms with Crippen LogP contribution in [0.5, 0.6) is 0 Å². The second kappa shape index (κ2) is 5.90. The Balaban J connectivity index is 2.53. The number of rotatable bonds is 5. The molecule has 0 amide bonds. The van der Waals surface area contributed by atoms with Gasteiger partial charge in [-0.2, -0.15) is 0 Å². The second-order valence-electron chi connectivity index (χ2n) is 5.31. The number of hydrogen-bond acceptors (Lipinski definition) is 2. The smallest absolute Gasteiger partial charge is 0.303 e. The average molecular weight is 272 g/mol. The van der Waals surface area contributed by atoms with Gasteiger partial charge in [0.25, 0.3) is 0 Å². The van der Waals surface area contributed by atoms with Gasteiger partial charge < -0.3 is 4.79 Å². The van der Waals surface area contributed by atoms with Crippen LogP contribution >= 0.6 is 0 Å². The molecule has 0 spiro atoms. The molecule has 0 aliphatic carbocycles. The fourth-order valence-corrected chi connectivity index (χ4v) is 2.36. The van der Waals surface area contributed by atoms with E-state index in [1.807, 2.05) is 45.0 Å². The summed E-state index contributed by atoms with van der Waals surface area (Å²) in [6.07, 6.45) is 4.96. The maximum Gasteiger partial charge on any atom is 0.332 e. The van der Waals surface area contributed by atoms with Crippen molar-refractivity contribution in [1.82, 2.24) is 9.13 Å². The van der Waals surface area contributed by atoms with E-state index in [9.17, 15) is 9.59 Å². The average Bonchev–Trinajstić information content (AvgIpc) is 2.81. The van der Waals surface area contributed by atoms with Crippen LogP contribution in [0.25, 0.3) is 5.69 Å². The first-order valence-corrected chi connectivity index (χ1v) is 6.88. The molecule has 4 heteroatoms. The van der Waals surface area contributed by atoms with Crippen LogP contribution in [0.3, 0.4) is 0 Å². The van der Waals surface area contributed by atoms with Crippen LogP contribution in [-0.4, -0.2) is 15.4 Å². The predicted molar refractivity (Wildman–Crippen MR) is 79.5 cm³/mol. The van der Waals surface area contributed by atoms with Gasteiger partial charge in [-0.15, -0.1) is 0 Å². The monoisotopic (exact) mass is 272 g/mol. The van der Waals surface area contributed by atoms with Crippen LogP contribution in [-0.2, 0) is 4.79 Å². The van der Waals surface area contributed by atoms with Gasteiger partial charge in [0.2, 0.25) is 0 Å². The highest BCUT2D eigenvalue weighted by molar-refractivity contribution is 5.53. The maximum atomic E-state index is 12.4. The molecule has 0 radical (unpaired) electrons. The molecule has 1 aromatic heterocycles. The molecule has 0 fully saturated rings. The zero-order valence-electron chi connectivity index (χ0n) is 12.1. The Morgan fingerprint density at radius 2 is 1.85 bits per heavy atom. The Kier molecular flexibility index (Phi) is 4.23. The Bertz CT molecular complexity index is 652. The van der Waals surface area contributed by atoms with Gasteiger partial charge in [0.1, 0.15) is 6.29 Å². The number of imidazole rings is 1. The van der Waals surface area contributed by atoms with Gasteiger partial charge in [-0.25, -0.2) is 4.79 Å². The molecule has 0 saturated heterocycles. The number of carbonyl (C=O) groups is 1. The van der Waals surface area contributed by atoms with Gasteiger partial charge in [-0.3, -0.25) is 9.13 Å². The van der Waals surface area contributed by atoms with E-state index in [0.717, 1.165) is 17.5 Å². The molecule has 2 rings (SSSR count). The predicted octanol–water partition coefficient (Wildman–Crippen LogP) is 2.91. The first-order chi connectivity index (χ1) is 9.56. The summed E-state index contributed by atoms with van der Waals surface area (Å²) in [4.78, 5) is 23.1. The first kappa shape index (κ1) is 14.3. The van der Waals surface area contributed by atoms with Crippen molar-refractivity contribution in [3.05, 3.63) is 52.7 Å². The molecule has 20 heavy (non-hydrogen) atoms. The number of carbonyl (C=O) groups excluding carboxylic acids is 1. The molecule has 0 bridgehead atoms. The number of hydrogen-bond donors (Lipinski definition) is 0. The summed E-state index contributed by atoms with van der Waals surface area (Å²) in [6, 6.07) is 7.87. The molecule has 1 unspecified atom stereocenters. The van der Waals surface area contributed by atoms with Gasteiger partial charge in [0.05, 0.1) is 5.69 Å². The second-order valence-corrected chi connectivity index (χ2v) is 5.31. The van der Waals surface area contributed by atoms with Gasteiger partial charge in [-0.05, 0) is 31.4 Å². The zero-order chi connectivity index (χ0) is 14.7. The van der Waals surface area contributed by atoms with Gasteiger partial charge in [0.15, 0.2) is 0 Å². The van der Waals surface area contributed by atoms with E-state index >= 15 is 0 Å². The van der Waals surface area contributed by atoms with E-state index < -0.39 is 0 Å². The highest BCUT2D eigenvalue weighted by atomic mass is 16.1. The molecule has 0 aliphatic rings. The topological polar surface area (TPSA) is 44.0 Å². The van der Waals surface area contributed by atoms with Crippen LogP contribution in [0.4, 0.5) is 0 Å². The van der Waals surface area contributed by atoms with Crippen molar-refractivity contribution >= 4 is 6.29 Å². The molecule has 1 aromatic carbocycles. The maximum absolute atomic E-state index is 12.4.